The molecule has 0 saturated heterocycles. The van der Waals surface area contributed by atoms with Crippen molar-refractivity contribution in [2.45, 2.75) is 6.92 Å². The summed E-state index contributed by atoms with van der Waals surface area (Å²) in [6.07, 6.45) is 0. The molecule has 3 aromatic carbocycles. The van der Waals surface area contributed by atoms with Crippen molar-refractivity contribution >= 4 is 33.4 Å². The maximum Gasteiger partial charge on any atom is 0.296 e. The number of para-hydroxylation sites is 1. The number of aromatic hydroxyl groups is 1. The van der Waals surface area contributed by atoms with Gasteiger partial charge in [-0.25, -0.2) is 9.37 Å². The maximum absolute atomic E-state index is 13.7. The summed E-state index contributed by atoms with van der Waals surface area (Å²) in [6, 6.07) is 20.8. The van der Waals surface area contributed by atoms with Crippen LogP contribution in [0.25, 0.3) is 33.1 Å². The molecule has 0 aliphatic carbocycles. The second-order valence-electron chi connectivity index (χ2n) is 7.46. The first kappa shape index (κ1) is 19.6. The van der Waals surface area contributed by atoms with Gasteiger partial charge in [-0.15, -0.1) is 10.2 Å². The summed E-state index contributed by atoms with van der Waals surface area (Å²) in [4.78, 5) is 20.4. The molecule has 0 aliphatic rings. The highest BCUT2D eigenvalue weighted by Gasteiger charge is 2.16. The fraction of sp³-hybridized carbons (Fsp3) is 0.0400. The first-order valence-corrected chi connectivity index (χ1v) is 9.93. The topological polar surface area (TPSA) is 90.7 Å². The summed E-state index contributed by atoms with van der Waals surface area (Å²) in [6.45, 7) is 2.00. The summed E-state index contributed by atoms with van der Waals surface area (Å²) >= 11 is 0. The lowest BCUT2D eigenvalue weighted by Gasteiger charge is -2.07. The molecule has 0 saturated carbocycles. The Morgan fingerprint density at radius 3 is 2.59 bits per heavy atom. The van der Waals surface area contributed by atoms with Crippen LogP contribution in [0, 0.1) is 12.7 Å². The number of hydrogen-bond donors (Lipinski definition) is 2. The van der Waals surface area contributed by atoms with Gasteiger partial charge in [-0.1, -0.05) is 48.0 Å². The number of amides is 1. The number of aromatic nitrogens is 2. The van der Waals surface area contributed by atoms with Crippen LogP contribution < -0.4 is 0 Å². The Morgan fingerprint density at radius 2 is 1.78 bits per heavy atom. The van der Waals surface area contributed by atoms with E-state index in [-0.39, 0.29) is 11.6 Å². The van der Waals surface area contributed by atoms with Crippen LogP contribution in [0.2, 0.25) is 0 Å². The third-order valence-electron chi connectivity index (χ3n) is 5.25. The number of rotatable bonds is 3. The van der Waals surface area contributed by atoms with E-state index in [1.165, 1.54) is 18.2 Å². The van der Waals surface area contributed by atoms with E-state index in [0.717, 1.165) is 11.1 Å². The van der Waals surface area contributed by atoms with E-state index in [4.69, 9.17) is 0 Å². The number of aryl methyl sites for hydroxylation is 1. The standard InChI is InChI=1S/C25H17FN4O2/c1-14-6-8-15(9-7-14)22-13-18(17-4-2-3-5-20(17)27-22)24(31)30-29-23-19-12-16(26)10-11-21(19)28-25(23)32/h2-13,28,32H,1H3. The van der Waals surface area contributed by atoms with Crippen molar-refractivity contribution in [3.8, 4) is 17.1 Å². The number of hydrogen-bond acceptors (Lipinski definition) is 4. The van der Waals surface area contributed by atoms with Crippen molar-refractivity contribution in [2.75, 3.05) is 0 Å². The van der Waals surface area contributed by atoms with E-state index in [0.29, 0.717) is 33.1 Å². The first-order valence-electron chi connectivity index (χ1n) is 9.93. The second-order valence-corrected chi connectivity index (χ2v) is 7.46. The summed E-state index contributed by atoms with van der Waals surface area (Å²) in [5, 5.41) is 18.9. The SMILES string of the molecule is Cc1ccc(-c2cc(C(=O)N=Nc3c(O)[nH]c4ccc(F)cc34)c3ccccc3n2)cc1. The lowest BCUT2D eigenvalue weighted by molar-refractivity contribution is 0.0996. The Bertz CT molecular complexity index is 1520. The molecular formula is C25H17FN4O2. The van der Waals surface area contributed by atoms with Gasteiger partial charge in [0.05, 0.1) is 22.3 Å². The molecule has 0 aliphatic heterocycles. The number of H-pyrrole nitrogens is 1. The molecule has 0 bridgehead atoms. The second kappa shape index (κ2) is 7.70. The van der Waals surface area contributed by atoms with Crippen LogP contribution in [-0.2, 0) is 0 Å². The molecule has 6 nitrogen and oxygen atoms in total. The molecule has 7 heteroatoms. The Morgan fingerprint density at radius 1 is 1.00 bits per heavy atom. The largest absolute Gasteiger partial charge is 0.493 e. The van der Waals surface area contributed by atoms with Crippen molar-refractivity contribution in [1.29, 1.82) is 0 Å². The minimum Gasteiger partial charge on any atom is -0.493 e. The molecule has 2 N–H and O–H groups in total. The highest BCUT2D eigenvalue weighted by atomic mass is 19.1. The predicted octanol–water partition coefficient (Wildman–Crippen LogP) is 6.46. The highest BCUT2D eigenvalue weighted by Crippen LogP contribution is 2.36. The summed E-state index contributed by atoms with van der Waals surface area (Å²) in [7, 11) is 0. The minimum absolute atomic E-state index is 0.00460. The van der Waals surface area contributed by atoms with Crippen molar-refractivity contribution in [1.82, 2.24) is 9.97 Å². The number of carbonyl (C=O) groups is 1. The number of nitrogens with zero attached hydrogens (tertiary/aromatic N) is 3. The summed E-state index contributed by atoms with van der Waals surface area (Å²) in [5.74, 6) is -1.37. The molecule has 0 unspecified atom stereocenters. The molecule has 0 radical (unpaired) electrons. The van der Waals surface area contributed by atoms with Gasteiger partial charge in [0.2, 0.25) is 5.88 Å². The highest BCUT2D eigenvalue weighted by molar-refractivity contribution is 6.07. The Labute approximate surface area is 182 Å². The molecule has 0 spiro atoms. The molecule has 2 heterocycles. The van der Waals surface area contributed by atoms with Crippen LogP contribution in [0.4, 0.5) is 10.1 Å². The maximum atomic E-state index is 13.7. The number of nitrogens with one attached hydrogen (secondary N) is 1. The molecule has 2 aromatic heterocycles. The molecule has 156 valence electrons. The van der Waals surface area contributed by atoms with Gasteiger partial charge in [-0.05, 0) is 37.3 Å². The minimum atomic E-state index is -0.595. The Kier molecular flexibility index (Phi) is 4.71. The number of aromatic amines is 1. The number of pyridine rings is 1. The molecule has 5 aromatic rings. The fourth-order valence-electron chi connectivity index (χ4n) is 3.61. The van der Waals surface area contributed by atoms with Crippen LogP contribution in [0.5, 0.6) is 5.88 Å². The smallest absolute Gasteiger partial charge is 0.296 e. The third-order valence-corrected chi connectivity index (χ3v) is 5.25. The number of halogens is 1. The third kappa shape index (κ3) is 3.50. The predicted molar refractivity (Wildman–Crippen MR) is 121 cm³/mol. The molecular weight excluding hydrogens is 407 g/mol. The number of carbonyl (C=O) groups excluding carboxylic acids is 1. The Hall–Kier alpha value is -4.39. The van der Waals surface area contributed by atoms with Gasteiger partial charge < -0.3 is 10.1 Å². The van der Waals surface area contributed by atoms with Crippen LogP contribution >= 0.6 is 0 Å². The molecule has 0 atom stereocenters. The lowest BCUT2D eigenvalue weighted by atomic mass is 10.0. The zero-order chi connectivity index (χ0) is 22.2. The zero-order valence-electron chi connectivity index (χ0n) is 17.0. The van der Waals surface area contributed by atoms with E-state index in [1.807, 2.05) is 49.4 Å². The van der Waals surface area contributed by atoms with Crippen LogP contribution in [0.15, 0.2) is 83.0 Å². The van der Waals surface area contributed by atoms with E-state index in [1.54, 1.807) is 12.1 Å². The van der Waals surface area contributed by atoms with Crippen molar-refractivity contribution in [3.63, 3.8) is 0 Å². The molecule has 0 fully saturated rings. The van der Waals surface area contributed by atoms with Crippen molar-refractivity contribution in [2.24, 2.45) is 10.2 Å². The lowest BCUT2D eigenvalue weighted by Crippen LogP contribution is -1.99. The summed E-state index contributed by atoms with van der Waals surface area (Å²) in [5.41, 5.74) is 4.11. The number of fused-ring (bicyclic) bond motifs is 2. The van der Waals surface area contributed by atoms with Crippen LogP contribution in [-0.4, -0.2) is 21.0 Å². The zero-order valence-corrected chi connectivity index (χ0v) is 17.0. The van der Waals surface area contributed by atoms with Gasteiger partial charge in [-0.3, -0.25) is 4.79 Å². The normalized spacial score (nSPS) is 11.6. The van der Waals surface area contributed by atoms with Gasteiger partial charge in [0.25, 0.3) is 5.91 Å². The Balaban J connectivity index is 1.60. The van der Waals surface area contributed by atoms with Crippen LogP contribution in [0.3, 0.4) is 0 Å². The number of azo groups is 1. The van der Waals surface area contributed by atoms with Crippen molar-refractivity contribution < 1.29 is 14.3 Å². The van der Waals surface area contributed by atoms with Gasteiger partial charge in [0.15, 0.2) is 5.69 Å². The molecule has 32 heavy (non-hydrogen) atoms. The average Bonchev–Trinajstić information content (AvgIpc) is 3.11. The van der Waals surface area contributed by atoms with Gasteiger partial charge in [0, 0.05) is 16.3 Å². The van der Waals surface area contributed by atoms with Crippen molar-refractivity contribution in [3.05, 3.63) is 89.7 Å². The van der Waals surface area contributed by atoms with Crippen LogP contribution in [0.1, 0.15) is 15.9 Å². The van der Waals surface area contributed by atoms with Gasteiger partial charge in [0.1, 0.15) is 5.82 Å². The first-order chi connectivity index (χ1) is 15.5. The number of benzene rings is 3. The summed E-state index contributed by atoms with van der Waals surface area (Å²) < 4.78 is 13.7. The fourth-order valence-corrected chi connectivity index (χ4v) is 3.61. The van der Waals surface area contributed by atoms with Gasteiger partial charge in [-0.2, -0.15) is 0 Å². The quantitative estimate of drug-likeness (QED) is 0.326. The monoisotopic (exact) mass is 424 g/mol. The van der Waals surface area contributed by atoms with E-state index in [2.05, 4.69) is 20.2 Å². The van der Waals surface area contributed by atoms with Gasteiger partial charge >= 0.3 is 0 Å². The average molecular weight is 424 g/mol. The van der Waals surface area contributed by atoms with E-state index < -0.39 is 11.7 Å². The molecule has 5 rings (SSSR count). The molecule has 1 amide bonds. The van der Waals surface area contributed by atoms with E-state index >= 15 is 0 Å². The van der Waals surface area contributed by atoms with E-state index in [9.17, 15) is 14.3 Å².